The Morgan fingerprint density at radius 1 is 0.944 bits per heavy atom. The molecule has 0 heterocycles. The maximum Gasteiger partial charge on any atom is 0.307 e. The fraction of sp³-hybridized carbons (Fsp3) is 0.0714. The van der Waals surface area contributed by atoms with Gasteiger partial charge in [0.05, 0.1) is 17.8 Å². The SMILES string of the molecule is O=C(O)Cc1cccc(N=Nc2ccccc2)c1. The van der Waals surface area contributed by atoms with Crippen molar-refractivity contribution in [2.75, 3.05) is 0 Å². The van der Waals surface area contributed by atoms with Gasteiger partial charge in [0, 0.05) is 0 Å². The van der Waals surface area contributed by atoms with Crippen LogP contribution in [0, 0.1) is 0 Å². The van der Waals surface area contributed by atoms with Crippen LogP contribution in [0.1, 0.15) is 5.56 Å². The summed E-state index contributed by atoms with van der Waals surface area (Å²) < 4.78 is 0. The monoisotopic (exact) mass is 240 g/mol. The molecule has 0 unspecified atom stereocenters. The van der Waals surface area contributed by atoms with Crippen LogP contribution in [-0.4, -0.2) is 11.1 Å². The molecular formula is C14H12N2O2. The van der Waals surface area contributed by atoms with E-state index < -0.39 is 5.97 Å². The van der Waals surface area contributed by atoms with Gasteiger partial charge in [-0.05, 0) is 29.8 Å². The minimum atomic E-state index is -0.854. The Morgan fingerprint density at radius 2 is 1.61 bits per heavy atom. The summed E-state index contributed by atoms with van der Waals surface area (Å²) in [5.74, 6) is -0.854. The van der Waals surface area contributed by atoms with Crippen molar-refractivity contribution < 1.29 is 9.90 Å². The van der Waals surface area contributed by atoms with Gasteiger partial charge in [-0.15, -0.1) is 0 Å². The van der Waals surface area contributed by atoms with Crippen molar-refractivity contribution in [3.8, 4) is 0 Å². The van der Waals surface area contributed by atoms with Crippen LogP contribution in [-0.2, 0) is 11.2 Å². The Morgan fingerprint density at radius 3 is 2.33 bits per heavy atom. The molecule has 0 spiro atoms. The van der Waals surface area contributed by atoms with E-state index in [1.54, 1.807) is 24.3 Å². The van der Waals surface area contributed by atoms with Crippen molar-refractivity contribution in [1.29, 1.82) is 0 Å². The summed E-state index contributed by atoms with van der Waals surface area (Å²) in [6.07, 6.45) is -0.00526. The van der Waals surface area contributed by atoms with E-state index in [-0.39, 0.29) is 6.42 Å². The fourth-order valence-corrected chi connectivity index (χ4v) is 1.51. The molecule has 0 radical (unpaired) electrons. The van der Waals surface area contributed by atoms with Crippen molar-refractivity contribution in [2.24, 2.45) is 10.2 Å². The van der Waals surface area contributed by atoms with Gasteiger partial charge in [-0.2, -0.15) is 10.2 Å². The third-order valence-corrected chi connectivity index (χ3v) is 2.30. The van der Waals surface area contributed by atoms with Crippen LogP contribution < -0.4 is 0 Å². The molecule has 0 amide bonds. The smallest absolute Gasteiger partial charge is 0.307 e. The lowest BCUT2D eigenvalue weighted by molar-refractivity contribution is -0.136. The second-order valence-electron chi connectivity index (χ2n) is 3.78. The summed E-state index contributed by atoms with van der Waals surface area (Å²) in [5, 5.41) is 16.9. The summed E-state index contributed by atoms with van der Waals surface area (Å²) in [7, 11) is 0. The Kier molecular flexibility index (Phi) is 3.81. The van der Waals surface area contributed by atoms with Crippen molar-refractivity contribution >= 4 is 17.3 Å². The first-order valence-electron chi connectivity index (χ1n) is 5.51. The zero-order valence-electron chi connectivity index (χ0n) is 9.65. The molecule has 1 N–H and O–H groups in total. The van der Waals surface area contributed by atoms with Crippen LogP contribution in [0.2, 0.25) is 0 Å². The van der Waals surface area contributed by atoms with Crippen LogP contribution >= 0.6 is 0 Å². The average Bonchev–Trinajstić information content (AvgIpc) is 2.37. The molecule has 0 fully saturated rings. The number of benzene rings is 2. The molecule has 0 aliphatic heterocycles. The highest BCUT2D eigenvalue weighted by Gasteiger charge is 2.00. The predicted octanol–water partition coefficient (Wildman–Crippen LogP) is 3.73. The number of hydrogen-bond donors (Lipinski definition) is 1. The topological polar surface area (TPSA) is 62.0 Å². The lowest BCUT2D eigenvalue weighted by Crippen LogP contribution is -1.99. The van der Waals surface area contributed by atoms with Crippen LogP contribution in [0.5, 0.6) is 0 Å². The maximum atomic E-state index is 10.6. The largest absolute Gasteiger partial charge is 0.481 e. The van der Waals surface area contributed by atoms with Crippen molar-refractivity contribution in [2.45, 2.75) is 6.42 Å². The van der Waals surface area contributed by atoms with Gasteiger partial charge in [0.15, 0.2) is 0 Å². The van der Waals surface area contributed by atoms with Crippen molar-refractivity contribution in [1.82, 2.24) is 0 Å². The standard InChI is InChI=1S/C14H12N2O2/c17-14(18)10-11-5-4-8-13(9-11)16-15-12-6-2-1-3-7-12/h1-9H,10H2,(H,17,18). The first-order chi connectivity index (χ1) is 8.74. The Bertz CT molecular complexity index is 565. The number of nitrogens with zero attached hydrogens (tertiary/aromatic N) is 2. The van der Waals surface area contributed by atoms with Gasteiger partial charge in [0.1, 0.15) is 0 Å². The van der Waals surface area contributed by atoms with E-state index in [4.69, 9.17) is 5.11 Å². The van der Waals surface area contributed by atoms with Crippen LogP contribution in [0.15, 0.2) is 64.8 Å². The molecule has 18 heavy (non-hydrogen) atoms. The number of azo groups is 1. The first-order valence-corrected chi connectivity index (χ1v) is 5.51. The van der Waals surface area contributed by atoms with Crippen LogP contribution in [0.25, 0.3) is 0 Å². The molecule has 0 saturated heterocycles. The second kappa shape index (κ2) is 5.72. The zero-order valence-corrected chi connectivity index (χ0v) is 9.65. The molecular weight excluding hydrogens is 228 g/mol. The molecule has 4 heteroatoms. The number of carboxylic acid groups (broad SMARTS) is 1. The van der Waals surface area contributed by atoms with Gasteiger partial charge < -0.3 is 5.11 Å². The Hall–Kier alpha value is -2.49. The normalized spacial score (nSPS) is 10.7. The molecule has 2 aromatic carbocycles. The number of carboxylic acids is 1. The third-order valence-electron chi connectivity index (χ3n) is 2.30. The van der Waals surface area contributed by atoms with E-state index >= 15 is 0 Å². The lowest BCUT2D eigenvalue weighted by Gasteiger charge is -1.98. The predicted molar refractivity (Wildman–Crippen MR) is 68.4 cm³/mol. The Balaban J connectivity index is 2.14. The summed E-state index contributed by atoms with van der Waals surface area (Å²) in [6.45, 7) is 0. The maximum absolute atomic E-state index is 10.6. The molecule has 0 aliphatic carbocycles. The zero-order chi connectivity index (χ0) is 12.8. The summed E-state index contributed by atoms with van der Waals surface area (Å²) in [5.41, 5.74) is 2.13. The van der Waals surface area contributed by atoms with Gasteiger partial charge >= 0.3 is 5.97 Å². The lowest BCUT2D eigenvalue weighted by atomic mass is 10.1. The summed E-state index contributed by atoms with van der Waals surface area (Å²) >= 11 is 0. The molecule has 0 atom stereocenters. The average molecular weight is 240 g/mol. The molecule has 0 saturated carbocycles. The highest BCUT2D eigenvalue weighted by Crippen LogP contribution is 2.19. The van der Waals surface area contributed by atoms with E-state index in [2.05, 4.69) is 10.2 Å². The quantitative estimate of drug-likeness (QED) is 0.827. The minimum absolute atomic E-state index is 0.00526. The van der Waals surface area contributed by atoms with E-state index in [1.807, 2.05) is 30.3 Å². The minimum Gasteiger partial charge on any atom is -0.481 e. The van der Waals surface area contributed by atoms with E-state index in [0.29, 0.717) is 11.3 Å². The van der Waals surface area contributed by atoms with Crippen molar-refractivity contribution in [3.63, 3.8) is 0 Å². The van der Waals surface area contributed by atoms with Crippen molar-refractivity contribution in [3.05, 3.63) is 60.2 Å². The van der Waals surface area contributed by atoms with Crippen LogP contribution in [0.3, 0.4) is 0 Å². The number of carbonyl (C=O) groups is 1. The highest BCUT2D eigenvalue weighted by molar-refractivity contribution is 5.70. The molecule has 2 aromatic rings. The van der Waals surface area contributed by atoms with Gasteiger partial charge in [-0.1, -0.05) is 30.3 Å². The molecule has 0 aromatic heterocycles. The number of rotatable bonds is 4. The molecule has 0 aliphatic rings. The van der Waals surface area contributed by atoms with Gasteiger partial charge in [-0.3, -0.25) is 4.79 Å². The van der Waals surface area contributed by atoms with Gasteiger partial charge in [0.2, 0.25) is 0 Å². The van der Waals surface area contributed by atoms with Gasteiger partial charge in [-0.25, -0.2) is 0 Å². The molecule has 90 valence electrons. The number of aliphatic carboxylic acids is 1. The fourth-order valence-electron chi connectivity index (χ4n) is 1.51. The molecule has 2 rings (SSSR count). The van der Waals surface area contributed by atoms with Gasteiger partial charge in [0.25, 0.3) is 0 Å². The van der Waals surface area contributed by atoms with Crippen LogP contribution in [0.4, 0.5) is 11.4 Å². The summed E-state index contributed by atoms with van der Waals surface area (Å²) in [4.78, 5) is 10.6. The first kappa shape index (κ1) is 12.0. The van der Waals surface area contributed by atoms with E-state index in [9.17, 15) is 4.79 Å². The highest BCUT2D eigenvalue weighted by atomic mass is 16.4. The number of hydrogen-bond acceptors (Lipinski definition) is 3. The third kappa shape index (κ3) is 3.52. The summed E-state index contributed by atoms with van der Waals surface area (Å²) in [6, 6.07) is 16.4. The second-order valence-corrected chi connectivity index (χ2v) is 3.78. The Labute approximate surface area is 105 Å². The molecule has 4 nitrogen and oxygen atoms in total. The molecule has 0 bridgehead atoms. The van der Waals surface area contributed by atoms with E-state index in [1.165, 1.54) is 0 Å². The van der Waals surface area contributed by atoms with E-state index in [0.717, 1.165) is 5.69 Å².